The van der Waals surface area contributed by atoms with Gasteiger partial charge >= 0.3 is 5.97 Å². The van der Waals surface area contributed by atoms with E-state index in [1.807, 2.05) is 0 Å². The number of benzene rings is 2. The van der Waals surface area contributed by atoms with Gasteiger partial charge in [0.15, 0.2) is 5.76 Å². The fourth-order valence-electron chi connectivity index (χ4n) is 2.61. The largest absolute Gasteiger partial charge is 0.508 e. The summed E-state index contributed by atoms with van der Waals surface area (Å²) in [5, 5.41) is 9.54. The Bertz CT molecular complexity index is 1020. The van der Waals surface area contributed by atoms with Crippen molar-refractivity contribution >= 4 is 16.9 Å². The Kier molecular flexibility index (Phi) is 4.71. The van der Waals surface area contributed by atoms with Gasteiger partial charge in [0.2, 0.25) is 5.43 Å². The zero-order valence-electron chi connectivity index (χ0n) is 13.7. The van der Waals surface area contributed by atoms with E-state index in [2.05, 4.69) is 0 Å². The van der Waals surface area contributed by atoms with E-state index in [1.165, 1.54) is 36.4 Å². The number of alkyl halides is 2. The molecule has 134 valence electrons. The van der Waals surface area contributed by atoms with E-state index >= 15 is 0 Å². The highest BCUT2D eigenvalue weighted by Crippen LogP contribution is 2.32. The third kappa shape index (κ3) is 3.15. The summed E-state index contributed by atoms with van der Waals surface area (Å²) < 4.78 is 37.0. The molecule has 7 heteroatoms. The van der Waals surface area contributed by atoms with Crippen LogP contribution in [-0.4, -0.2) is 17.7 Å². The summed E-state index contributed by atoms with van der Waals surface area (Å²) in [5.74, 6) is -1.54. The van der Waals surface area contributed by atoms with Crippen molar-refractivity contribution < 1.29 is 27.8 Å². The summed E-state index contributed by atoms with van der Waals surface area (Å²) in [7, 11) is 0. The lowest BCUT2D eigenvalue weighted by Gasteiger charge is -2.10. The smallest absolute Gasteiger partial charge is 0.338 e. The van der Waals surface area contributed by atoms with Crippen molar-refractivity contribution in [3.05, 3.63) is 64.0 Å². The van der Waals surface area contributed by atoms with Crippen LogP contribution < -0.4 is 5.43 Å². The highest BCUT2D eigenvalue weighted by atomic mass is 19.3. The molecule has 1 heterocycles. The zero-order chi connectivity index (χ0) is 18.8. The summed E-state index contributed by atoms with van der Waals surface area (Å²) in [5.41, 5.74) is -0.627. The van der Waals surface area contributed by atoms with E-state index in [1.54, 1.807) is 6.92 Å². The molecular weight excluding hydrogens is 346 g/mol. The molecule has 0 saturated heterocycles. The molecule has 0 fully saturated rings. The van der Waals surface area contributed by atoms with Gasteiger partial charge in [-0.3, -0.25) is 4.79 Å². The van der Waals surface area contributed by atoms with Gasteiger partial charge in [-0.25, -0.2) is 13.6 Å². The van der Waals surface area contributed by atoms with E-state index < -0.39 is 23.6 Å². The SMILES string of the molecule is CCOC(=O)c1ccc(-c2c(C(F)F)oc3cc(O)ccc3c2=O)cc1. The van der Waals surface area contributed by atoms with Crippen LogP contribution in [0.25, 0.3) is 22.1 Å². The third-order valence-corrected chi connectivity index (χ3v) is 3.79. The van der Waals surface area contributed by atoms with Gasteiger partial charge in [0.05, 0.1) is 23.1 Å². The molecule has 0 radical (unpaired) electrons. The molecule has 0 amide bonds. The van der Waals surface area contributed by atoms with Gasteiger partial charge < -0.3 is 14.3 Å². The Morgan fingerprint density at radius 1 is 1.19 bits per heavy atom. The Hall–Kier alpha value is -3.22. The lowest BCUT2D eigenvalue weighted by atomic mass is 10.0. The van der Waals surface area contributed by atoms with Crippen LogP contribution in [0.4, 0.5) is 8.78 Å². The van der Waals surface area contributed by atoms with Crippen molar-refractivity contribution in [3.63, 3.8) is 0 Å². The minimum absolute atomic E-state index is 0.0664. The maximum atomic E-state index is 13.5. The maximum Gasteiger partial charge on any atom is 0.338 e. The third-order valence-electron chi connectivity index (χ3n) is 3.79. The van der Waals surface area contributed by atoms with Gasteiger partial charge in [-0.15, -0.1) is 0 Å². The van der Waals surface area contributed by atoms with Crippen LogP contribution in [0, 0.1) is 0 Å². The number of carbonyl (C=O) groups excluding carboxylic acids is 1. The van der Waals surface area contributed by atoms with Crippen LogP contribution in [0.1, 0.15) is 29.5 Å². The first-order valence-corrected chi connectivity index (χ1v) is 7.77. The molecule has 0 aliphatic carbocycles. The molecule has 2 aromatic carbocycles. The number of ether oxygens (including phenoxy) is 1. The van der Waals surface area contributed by atoms with Crippen molar-refractivity contribution in [2.75, 3.05) is 6.61 Å². The number of phenolic OH excluding ortho intramolecular Hbond substituents is 1. The maximum absolute atomic E-state index is 13.5. The van der Waals surface area contributed by atoms with E-state index in [0.717, 1.165) is 6.07 Å². The molecule has 0 saturated carbocycles. The fraction of sp³-hybridized carbons (Fsp3) is 0.158. The van der Waals surface area contributed by atoms with Crippen molar-refractivity contribution in [2.24, 2.45) is 0 Å². The van der Waals surface area contributed by atoms with Crippen LogP contribution in [0.2, 0.25) is 0 Å². The Labute approximate surface area is 146 Å². The fourth-order valence-corrected chi connectivity index (χ4v) is 2.61. The molecule has 0 spiro atoms. The van der Waals surface area contributed by atoms with Crippen LogP contribution >= 0.6 is 0 Å². The molecule has 1 aromatic heterocycles. The Morgan fingerprint density at radius 2 is 1.88 bits per heavy atom. The molecule has 0 bridgehead atoms. The van der Waals surface area contributed by atoms with E-state index in [9.17, 15) is 23.5 Å². The van der Waals surface area contributed by atoms with Crippen LogP contribution in [-0.2, 0) is 4.74 Å². The standard InChI is InChI=1S/C19H14F2O5/c1-2-25-19(24)11-5-3-10(4-6-11)15-16(23)13-8-7-12(22)9-14(13)26-17(15)18(20)21/h3-9,18,22H,2H2,1H3. The first kappa shape index (κ1) is 17.6. The quantitative estimate of drug-likeness (QED) is 0.703. The predicted octanol–water partition coefficient (Wildman–Crippen LogP) is 4.28. The first-order valence-electron chi connectivity index (χ1n) is 7.77. The summed E-state index contributed by atoms with van der Waals surface area (Å²) in [4.78, 5) is 24.4. The molecular formula is C19H14F2O5. The number of halogens is 2. The van der Waals surface area contributed by atoms with Gasteiger partial charge in [0, 0.05) is 6.07 Å². The van der Waals surface area contributed by atoms with Gasteiger partial charge in [-0.2, -0.15) is 0 Å². The second-order valence-electron chi connectivity index (χ2n) is 5.45. The first-order chi connectivity index (χ1) is 12.4. The van der Waals surface area contributed by atoms with Crippen molar-refractivity contribution in [3.8, 4) is 16.9 Å². The lowest BCUT2D eigenvalue weighted by molar-refractivity contribution is 0.0526. The molecule has 0 aliphatic heterocycles. The van der Waals surface area contributed by atoms with Crippen molar-refractivity contribution in [1.82, 2.24) is 0 Å². The summed E-state index contributed by atoms with van der Waals surface area (Å²) in [6.07, 6.45) is -3.03. The number of hydrogen-bond donors (Lipinski definition) is 1. The number of fused-ring (bicyclic) bond motifs is 1. The summed E-state index contributed by atoms with van der Waals surface area (Å²) >= 11 is 0. The van der Waals surface area contributed by atoms with Crippen LogP contribution in [0.15, 0.2) is 51.7 Å². The number of aromatic hydroxyl groups is 1. The highest BCUT2D eigenvalue weighted by Gasteiger charge is 2.23. The monoisotopic (exact) mass is 360 g/mol. The van der Waals surface area contributed by atoms with Crippen molar-refractivity contribution in [1.29, 1.82) is 0 Å². The topological polar surface area (TPSA) is 76.7 Å². The second kappa shape index (κ2) is 6.95. The van der Waals surface area contributed by atoms with Crippen LogP contribution in [0.3, 0.4) is 0 Å². The van der Waals surface area contributed by atoms with Gasteiger partial charge in [0.1, 0.15) is 11.3 Å². The number of rotatable bonds is 4. The van der Waals surface area contributed by atoms with Crippen molar-refractivity contribution in [2.45, 2.75) is 13.3 Å². The highest BCUT2D eigenvalue weighted by molar-refractivity contribution is 5.90. The van der Waals surface area contributed by atoms with Gasteiger partial charge in [0.25, 0.3) is 6.43 Å². The van der Waals surface area contributed by atoms with E-state index in [-0.39, 0.29) is 40.0 Å². The number of esters is 1. The van der Waals surface area contributed by atoms with E-state index in [4.69, 9.17) is 9.15 Å². The van der Waals surface area contributed by atoms with Gasteiger partial charge in [-0.1, -0.05) is 12.1 Å². The molecule has 3 aromatic rings. The molecule has 0 atom stereocenters. The van der Waals surface area contributed by atoms with E-state index in [0.29, 0.717) is 0 Å². The minimum Gasteiger partial charge on any atom is -0.508 e. The molecule has 3 rings (SSSR count). The number of hydrogen-bond acceptors (Lipinski definition) is 5. The van der Waals surface area contributed by atoms with Crippen LogP contribution in [0.5, 0.6) is 5.75 Å². The number of phenols is 1. The molecule has 26 heavy (non-hydrogen) atoms. The number of carbonyl (C=O) groups is 1. The second-order valence-corrected chi connectivity index (χ2v) is 5.45. The molecule has 5 nitrogen and oxygen atoms in total. The molecule has 1 N–H and O–H groups in total. The minimum atomic E-state index is -3.03. The molecule has 0 aliphatic rings. The lowest BCUT2D eigenvalue weighted by Crippen LogP contribution is -2.10. The van der Waals surface area contributed by atoms with Gasteiger partial charge in [-0.05, 0) is 36.8 Å². The Balaban J connectivity index is 2.19. The normalized spacial score (nSPS) is 11.1. The molecule has 0 unspecified atom stereocenters. The summed E-state index contributed by atoms with van der Waals surface area (Å²) in [6, 6.07) is 9.24. The average molecular weight is 360 g/mol. The Morgan fingerprint density at radius 3 is 2.50 bits per heavy atom. The zero-order valence-corrected chi connectivity index (χ0v) is 13.7. The predicted molar refractivity (Wildman–Crippen MR) is 90.5 cm³/mol. The summed E-state index contributed by atoms with van der Waals surface area (Å²) in [6.45, 7) is 1.87. The average Bonchev–Trinajstić information content (AvgIpc) is 2.61.